The summed E-state index contributed by atoms with van der Waals surface area (Å²) in [7, 11) is 0. The summed E-state index contributed by atoms with van der Waals surface area (Å²) in [4.78, 5) is 11.4. The van der Waals surface area contributed by atoms with Crippen LogP contribution in [0.25, 0.3) is 0 Å². The Bertz CT molecular complexity index is 219. The molecule has 4 nitrogen and oxygen atoms in total. The number of hydrogen-bond donors (Lipinski definition) is 3. The van der Waals surface area contributed by atoms with Gasteiger partial charge in [-0.3, -0.25) is 4.79 Å². The van der Waals surface area contributed by atoms with E-state index < -0.39 is 0 Å². The van der Waals surface area contributed by atoms with Crippen LogP contribution in [0.4, 0.5) is 0 Å². The van der Waals surface area contributed by atoms with Gasteiger partial charge in [0.1, 0.15) is 0 Å². The Hall–Kier alpha value is -0.610. The number of amides is 1. The molecule has 1 amide bonds. The third-order valence-corrected chi connectivity index (χ3v) is 2.94. The molecular formula is C12H24N2O2. The van der Waals surface area contributed by atoms with Crippen molar-refractivity contribution >= 4 is 5.91 Å². The fourth-order valence-electron chi connectivity index (χ4n) is 2.00. The van der Waals surface area contributed by atoms with Crippen LogP contribution in [0, 0.1) is 11.8 Å². The van der Waals surface area contributed by atoms with E-state index in [9.17, 15) is 9.90 Å². The Morgan fingerprint density at radius 3 is 2.75 bits per heavy atom. The molecule has 1 aliphatic carbocycles. The maximum Gasteiger partial charge on any atom is 0.233 e. The molecule has 0 aromatic carbocycles. The lowest BCUT2D eigenvalue weighted by molar-refractivity contribution is -0.120. The van der Waals surface area contributed by atoms with Gasteiger partial charge in [0.15, 0.2) is 0 Å². The van der Waals surface area contributed by atoms with Gasteiger partial charge in [0.25, 0.3) is 0 Å². The number of carbonyl (C=O) groups excluding carboxylic acids is 1. The van der Waals surface area contributed by atoms with Crippen LogP contribution in [-0.4, -0.2) is 36.8 Å². The van der Waals surface area contributed by atoms with Crippen LogP contribution in [0.3, 0.4) is 0 Å². The molecule has 4 heteroatoms. The number of aliphatic hydroxyl groups excluding tert-OH is 1. The van der Waals surface area contributed by atoms with E-state index in [2.05, 4.69) is 24.5 Å². The first kappa shape index (κ1) is 13.5. The molecule has 3 N–H and O–H groups in total. The Kier molecular flexibility index (Phi) is 5.77. The fourth-order valence-corrected chi connectivity index (χ4v) is 2.00. The lowest BCUT2D eigenvalue weighted by Gasteiger charge is -2.11. The minimum atomic E-state index is -0.124. The molecule has 1 fully saturated rings. The lowest BCUT2D eigenvalue weighted by Crippen LogP contribution is -2.37. The van der Waals surface area contributed by atoms with Crippen LogP contribution in [-0.2, 0) is 4.79 Å². The first-order valence-electron chi connectivity index (χ1n) is 6.23. The standard InChI is InChI=1S/C12H24N2O2/c1-9(2)6-14-12(16)8-13-7-10-3-4-11(15)5-10/h9-11,13,15H,3-8H2,1-2H3,(H,14,16). The van der Waals surface area contributed by atoms with Gasteiger partial charge in [-0.15, -0.1) is 0 Å². The van der Waals surface area contributed by atoms with Crippen LogP contribution in [0.1, 0.15) is 33.1 Å². The molecule has 94 valence electrons. The van der Waals surface area contributed by atoms with Crippen molar-refractivity contribution in [3.8, 4) is 0 Å². The maximum atomic E-state index is 11.4. The van der Waals surface area contributed by atoms with Gasteiger partial charge in [0.05, 0.1) is 12.6 Å². The van der Waals surface area contributed by atoms with Crippen LogP contribution in [0.5, 0.6) is 0 Å². The van der Waals surface area contributed by atoms with Gasteiger partial charge >= 0.3 is 0 Å². The van der Waals surface area contributed by atoms with Crippen molar-refractivity contribution in [2.75, 3.05) is 19.6 Å². The molecule has 2 unspecified atom stereocenters. The van der Waals surface area contributed by atoms with E-state index in [0.717, 1.165) is 32.4 Å². The second-order valence-corrected chi connectivity index (χ2v) is 5.16. The molecule has 1 rings (SSSR count). The minimum absolute atomic E-state index is 0.0623. The predicted molar refractivity (Wildman–Crippen MR) is 64.1 cm³/mol. The first-order chi connectivity index (χ1) is 7.58. The van der Waals surface area contributed by atoms with Gasteiger partial charge in [-0.25, -0.2) is 0 Å². The summed E-state index contributed by atoms with van der Waals surface area (Å²) in [6, 6.07) is 0. The van der Waals surface area contributed by atoms with Crippen LogP contribution in [0.2, 0.25) is 0 Å². The monoisotopic (exact) mass is 228 g/mol. The van der Waals surface area contributed by atoms with E-state index in [1.54, 1.807) is 0 Å². The summed E-state index contributed by atoms with van der Waals surface area (Å²) >= 11 is 0. The Morgan fingerprint density at radius 2 is 2.19 bits per heavy atom. The molecule has 16 heavy (non-hydrogen) atoms. The molecule has 0 heterocycles. The van der Waals surface area contributed by atoms with Crippen molar-refractivity contribution in [3.63, 3.8) is 0 Å². The van der Waals surface area contributed by atoms with Crippen molar-refractivity contribution in [1.29, 1.82) is 0 Å². The largest absolute Gasteiger partial charge is 0.393 e. The van der Waals surface area contributed by atoms with E-state index >= 15 is 0 Å². The zero-order valence-corrected chi connectivity index (χ0v) is 10.3. The SMILES string of the molecule is CC(C)CNC(=O)CNCC1CCC(O)C1. The quantitative estimate of drug-likeness (QED) is 0.621. The average Bonchev–Trinajstić information content (AvgIpc) is 2.61. The third kappa shape index (κ3) is 5.47. The van der Waals surface area contributed by atoms with Crippen molar-refractivity contribution in [2.24, 2.45) is 11.8 Å². The molecule has 0 radical (unpaired) electrons. The van der Waals surface area contributed by atoms with Crippen LogP contribution in [0.15, 0.2) is 0 Å². The van der Waals surface area contributed by atoms with E-state index in [4.69, 9.17) is 0 Å². The van der Waals surface area contributed by atoms with Crippen molar-refractivity contribution in [3.05, 3.63) is 0 Å². The van der Waals surface area contributed by atoms with E-state index in [0.29, 0.717) is 18.4 Å². The molecule has 0 aromatic heterocycles. The first-order valence-corrected chi connectivity index (χ1v) is 6.23. The van der Waals surface area contributed by atoms with Gasteiger partial charge < -0.3 is 15.7 Å². The summed E-state index contributed by atoms with van der Waals surface area (Å²) in [6.45, 7) is 6.12. The summed E-state index contributed by atoms with van der Waals surface area (Å²) in [5.41, 5.74) is 0. The second kappa shape index (κ2) is 6.86. The fraction of sp³-hybridized carbons (Fsp3) is 0.917. The Labute approximate surface area is 97.8 Å². The normalized spacial score (nSPS) is 25.0. The number of hydrogen-bond acceptors (Lipinski definition) is 3. The summed E-state index contributed by atoms with van der Waals surface area (Å²) in [6.07, 6.45) is 2.73. The zero-order chi connectivity index (χ0) is 12.0. The highest BCUT2D eigenvalue weighted by Gasteiger charge is 2.22. The van der Waals surface area contributed by atoms with Crippen molar-refractivity contribution in [2.45, 2.75) is 39.2 Å². The highest BCUT2D eigenvalue weighted by molar-refractivity contribution is 5.77. The van der Waals surface area contributed by atoms with Gasteiger partial charge in [0, 0.05) is 6.54 Å². The van der Waals surface area contributed by atoms with Crippen molar-refractivity contribution in [1.82, 2.24) is 10.6 Å². The smallest absolute Gasteiger partial charge is 0.233 e. The summed E-state index contributed by atoms with van der Waals surface area (Å²) in [5.74, 6) is 1.09. The molecule has 0 aliphatic heterocycles. The summed E-state index contributed by atoms with van der Waals surface area (Å²) < 4.78 is 0. The number of rotatable bonds is 6. The molecule has 2 atom stereocenters. The predicted octanol–water partition coefficient (Wildman–Crippen LogP) is 0.509. The molecule has 0 saturated heterocycles. The van der Waals surface area contributed by atoms with E-state index in [-0.39, 0.29) is 12.0 Å². The molecular weight excluding hydrogens is 204 g/mol. The second-order valence-electron chi connectivity index (χ2n) is 5.16. The van der Waals surface area contributed by atoms with E-state index in [1.807, 2.05) is 0 Å². The molecule has 0 aromatic rings. The highest BCUT2D eigenvalue weighted by Crippen LogP contribution is 2.24. The van der Waals surface area contributed by atoms with Gasteiger partial charge in [-0.05, 0) is 37.6 Å². The highest BCUT2D eigenvalue weighted by atomic mass is 16.3. The minimum Gasteiger partial charge on any atom is -0.393 e. The number of aliphatic hydroxyl groups is 1. The van der Waals surface area contributed by atoms with Gasteiger partial charge in [0.2, 0.25) is 5.91 Å². The number of carbonyl (C=O) groups is 1. The van der Waals surface area contributed by atoms with E-state index in [1.165, 1.54) is 0 Å². The molecule has 0 spiro atoms. The van der Waals surface area contributed by atoms with Gasteiger partial charge in [-0.1, -0.05) is 13.8 Å². The topological polar surface area (TPSA) is 61.4 Å². The van der Waals surface area contributed by atoms with Gasteiger partial charge in [-0.2, -0.15) is 0 Å². The van der Waals surface area contributed by atoms with Crippen LogP contribution >= 0.6 is 0 Å². The Balaban J connectivity index is 2.00. The van der Waals surface area contributed by atoms with Crippen molar-refractivity contribution < 1.29 is 9.90 Å². The average molecular weight is 228 g/mol. The molecule has 0 bridgehead atoms. The maximum absolute atomic E-state index is 11.4. The molecule has 1 aliphatic rings. The lowest BCUT2D eigenvalue weighted by atomic mass is 10.1. The summed E-state index contributed by atoms with van der Waals surface area (Å²) in [5, 5.41) is 15.4. The molecule has 1 saturated carbocycles. The third-order valence-electron chi connectivity index (χ3n) is 2.94. The number of nitrogens with one attached hydrogen (secondary N) is 2. The Morgan fingerprint density at radius 1 is 1.44 bits per heavy atom. The van der Waals surface area contributed by atoms with Crippen LogP contribution < -0.4 is 10.6 Å². The zero-order valence-electron chi connectivity index (χ0n) is 10.3.